The van der Waals surface area contributed by atoms with Crippen LogP contribution in [-0.2, 0) is 11.3 Å². The van der Waals surface area contributed by atoms with E-state index in [4.69, 9.17) is 27.5 Å². The third kappa shape index (κ3) is 8.07. The van der Waals surface area contributed by atoms with Crippen LogP contribution in [0.25, 0.3) is 0 Å². The molecule has 4 rings (SSSR count). The van der Waals surface area contributed by atoms with Crippen LogP contribution in [0.3, 0.4) is 0 Å². The first-order valence-electron chi connectivity index (χ1n) is 13.8. The fraction of sp³-hybridized carbons (Fsp3) is 0.375. The van der Waals surface area contributed by atoms with Gasteiger partial charge in [-0.2, -0.15) is 0 Å². The zero-order valence-corrected chi connectivity index (χ0v) is 24.5. The largest absolute Gasteiger partial charge is 0.398 e. The first kappa shape index (κ1) is 31.1. The van der Waals surface area contributed by atoms with E-state index >= 15 is 0 Å². The van der Waals surface area contributed by atoms with Gasteiger partial charge < -0.3 is 25.8 Å². The van der Waals surface area contributed by atoms with Gasteiger partial charge in [0.2, 0.25) is 0 Å². The van der Waals surface area contributed by atoms with E-state index in [1.54, 1.807) is 31.2 Å². The molecule has 3 aromatic carbocycles. The molecule has 1 aliphatic rings. The van der Waals surface area contributed by atoms with Crippen LogP contribution >= 0.6 is 11.6 Å². The lowest BCUT2D eigenvalue weighted by atomic mass is 9.97. The summed E-state index contributed by atoms with van der Waals surface area (Å²) in [5.74, 6) is -0.269. The maximum absolute atomic E-state index is 12.8. The number of nitrogens with one attached hydrogen (secondary N) is 2. The Bertz CT molecular complexity index is 1280. The van der Waals surface area contributed by atoms with Crippen molar-refractivity contribution in [1.82, 2.24) is 5.32 Å². The van der Waals surface area contributed by atoms with E-state index in [0.717, 1.165) is 11.3 Å². The second-order valence-corrected chi connectivity index (χ2v) is 10.6. The second-order valence-electron chi connectivity index (χ2n) is 10.2. The Morgan fingerprint density at radius 3 is 2.42 bits per heavy atom. The van der Waals surface area contributed by atoms with Crippen LogP contribution in [0.2, 0.25) is 5.02 Å². The van der Waals surface area contributed by atoms with E-state index in [2.05, 4.69) is 31.0 Å². The predicted octanol–water partition coefficient (Wildman–Crippen LogP) is 6.05. The van der Waals surface area contributed by atoms with E-state index in [9.17, 15) is 9.90 Å². The predicted molar refractivity (Wildman–Crippen MR) is 165 cm³/mol. The van der Waals surface area contributed by atoms with E-state index in [0.29, 0.717) is 53.6 Å². The fourth-order valence-corrected chi connectivity index (χ4v) is 4.93. The van der Waals surface area contributed by atoms with Gasteiger partial charge in [0.15, 0.2) is 0 Å². The lowest BCUT2D eigenvalue weighted by Crippen LogP contribution is -2.52. The zero-order chi connectivity index (χ0) is 29.2. The number of morpholine rings is 1. The topological polar surface area (TPSA) is 112 Å². The van der Waals surface area contributed by atoms with Crippen LogP contribution in [-0.4, -0.2) is 48.1 Å². The number of nitrogens with zero attached hydrogens (tertiary/aromatic N) is 1. The molecule has 1 fully saturated rings. The third-order valence-corrected chi connectivity index (χ3v) is 6.96. The number of amides is 1. The molecule has 40 heavy (non-hydrogen) atoms. The monoisotopic (exact) mass is 564 g/mol. The molecule has 7 nitrogen and oxygen atoms in total. The summed E-state index contributed by atoms with van der Waals surface area (Å²) in [5, 5.41) is 22.2. The Kier molecular flexibility index (Phi) is 11.6. The Hall–Kier alpha value is -3.39. The highest BCUT2D eigenvalue weighted by Crippen LogP contribution is 2.27. The molecule has 5 N–H and O–H groups in total. The number of anilines is 2. The number of rotatable bonds is 8. The number of aliphatic hydroxyl groups is 1. The SMILES string of the molecule is CC(O)CC1COCC(C)N1c1ccc(C(=N)c2cc(C(=O)NCc3ccccc3Cl)ccc2N)cc1.CCC. The van der Waals surface area contributed by atoms with E-state index in [1.165, 1.54) is 6.42 Å². The zero-order valence-electron chi connectivity index (χ0n) is 23.8. The summed E-state index contributed by atoms with van der Waals surface area (Å²) < 4.78 is 5.72. The Labute approximate surface area is 242 Å². The molecule has 8 heteroatoms. The van der Waals surface area contributed by atoms with Crippen molar-refractivity contribution in [3.63, 3.8) is 0 Å². The highest BCUT2D eigenvalue weighted by molar-refractivity contribution is 6.31. The molecule has 3 unspecified atom stereocenters. The summed E-state index contributed by atoms with van der Waals surface area (Å²) in [5.41, 5.74) is 10.3. The van der Waals surface area contributed by atoms with Crippen LogP contribution in [0, 0.1) is 5.41 Å². The van der Waals surface area contributed by atoms with Crippen molar-refractivity contribution in [2.75, 3.05) is 23.8 Å². The number of carbonyl (C=O) groups excluding carboxylic acids is 1. The number of nitrogens with two attached hydrogens (primary N) is 1. The van der Waals surface area contributed by atoms with Crippen LogP contribution < -0.4 is 16.0 Å². The van der Waals surface area contributed by atoms with Gasteiger partial charge in [-0.15, -0.1) is 0 Å². The highest BCUT2D eigenvalue weighted by atomic mass is 35.5. The molecular formula is C32H41ClN4O3. The first-order valence-corrected chi connectivity index (χ1v) is 14.2. The van der Waals surface area contributed by atoms with E-state index in [-0.39, 0.29) is 23.7 Å². The number of nitrogen functional groups attached to an aromatic ring is 1. The highest BCUT2D eigenvalue weighted by Gasteiger charge is 2.29. The molecule has 0 radical (unpaired) electrons. The Balaban J connectivity index is 0.00000141. The molecule has 0 aliphatic carbocycles. The number of benzene rings is 3. The van der Waals surface area contributed by atoms with Gasteiger partial charge in [0.05, 0.1) is 31.1 Å². The lowest BCUT2D eigenvalue weighted by molar-refractivity contribution is 0.0530. The Morgan fingerprint density at radius 2 is 1.77 bits per heavy atom. The number of hydrogen-bond acceptors (Lipinski definition) is 6. The summed E-state index contributed by atoms with van der Waals surface area (Å²) in [6, 6.07) is 20.3. The fourth-order valence-electron chi connectivity index (χ4n) is 4.72. The number of halogens is 1. The molecule has 214 valence electrons. The molecule has 1 saturated heterocycles. The molecule has 3 aromatic rings. The van der Waals surface area contributed by atoms with Gasteiger partial charge in [-0.25, -0.2) is 0 Å². The van der Waals surface area contributed by atoms with Crippen LogP contribution in [0.15, 0.2) is 66.7 Å². The number of ether oxygens (including phenoxy) is 1. The van der Waals surface area contributed by atoms with Gasteiger partial charge in [-0.05, 0) is 62.2 Å². The normalized spacial score (nSPS) is 17.4. The number of hydrogen-bond donors (Lipinski definition) is 4. The summed E-state index contributed by atoms with van der Waals surface area (Å²) in [6.45, 7) is 9.63. The van der Waals surface area contributed by atoms with E-state index in [1.807, 2.05) is 42.5 Å². The molecule has 1 aliphatic heterocycles. The van der Waals surface area contributed by atoms with Crippen molar-refractivity contribution in [2.45, 2.75) is 65.3 Å². The van der Waals surface area contributed by atoms with Gasteiger partial charge in [-0.3, -0.25) is 10.2 Å². The molecule has 0 aromatic heterocycles. The molecule has 1 heterocycles. The molecule has 0 bridgehead atoms. The summed E-state index contributed by atoms with van der Waals surface area (Å²) in [6.07, 6.45) is 1.44. The number of aliphatic hydroxyl groups excluding tert-OH is 1. The van der Waals surface area contributed by atoms with Gasteiger partial charge >= 0.3 is 0 Å². The minimum Gasteiger partial charge on any atom is -0.398 e. The molecule has 0 spiro atoms. The summed E-state index contributed by atoms with van der Waals surface area (Å²) in [7, 11) is 0. The number of carbonyl (C=O) groups is 1. The first-order chi connectivity index (χ1) is 19.2. The van der Waals surface area contributed by atoms with Crippen molar-refractivity contribution >= 4 is 34.6 Å². The maximum Gasteiger partial charge on any atom is 0.251 e. The van der Waals surface area contributed by atoms with Crippen molar-refractivity contribution in [3.8, 4) is 0 Å². The van der Waals surface area contributed by atoms with Crippen molar-refractivity contribution < 1.29 is 14.6 Å². The molecule has 3 atom stereocenters. The van der Waals surface area contributed by atoms with Crippen molar-refractivity contribution in [1.29, 1.82) is 5.41 Å². The average Bonchev–Trinajstić information content (AvgIpc) is 2.93. The quantitative estimate of drug-likeness (QED) is 0.196. The molecule has 0 saturated carbocycles. The van der Waals surface area contributed by atoms with Gasteiger partial charge in [-0.1, -0.05) is 62.2 Å². The average molecular weight is 565 g/mol. The molecular weight excluding hydrogens is 524 g/mol. The maximum atomic E-state index is 12.8. The summed E-state index contributed by atoms with van der Waals surface area (Å²) >= 11 is 6.19. The minimum atomic E-state index is -0.425. The van der Waals surface area contributed by atoms with Crippen molar-refractivity contribution in [2.24, 2.45) is 0 Å². The summed E-state index contributed by atoms with van der Waals surface area (Å²) in [4.78, 5) is 15.1. The third-order valence-electron chi connectivity index (χ3n) is 6.59. The van der Waals surface area contributed by atoms with Gasteiger partial charge in [0.25, 0.3) is 5.91 Å². The van der Waals surface area contributed by atoms with E-state index < -0.39 is 6.10 Å². The molecule has 1 amide bonds. The Morgan fingerprint density at radius 1 is 1.12 bits per heavy atom. The lowest BCUT2D eigenvalue weighted by Gasteiger charge is -2.42. The van der Waals surface area contributed by atoms with Crippen molar-refractivity contribution in [3.05, 3.63) is 94.0 Å². The van der Waals surface area contributed by atoms with Crippen LogP contribution in [0.1, 0.15) is 67.6 Å². The van der Waals surface area contributed by atoms with Crippen LogP contribution in [0.5, 0.6) is 0 Å². The minimum absolute atomic E-state index is 0.0747. The smallest absolute Gasteiger partial charge is 0.251 e. The van der Waals surface area contributed by atoms with Gasteiger partial charge in [0, 0.05) is 45.7 Å². The van der Waals surface area contributed by atoms with Crippen LogP contribution in [0.4, 0.5) is 11.4 Å². The second kappa shape index (κ2) is 14.8. The van der Waals surface area contributed by atoms with Gasteiger partial charge in [0.1, 0.15) is 0 Å². The standard InChI is InChI=1S/C29H33ClN4O3.C3H8/c1-18-16-37-17-24(13-19(2)35)34(18)23-10-7-20(8-11-23)28(32)25-14-21(9-12-27(25)31)29(36)33-15-22-5-3-4-6-26(22)30;1-3-2/h3-12,14,18-19,24,32,35H,13,15-17,31H2,1-2H3,(H,33,36);3H2,1-2H3.